The number of benzene rings is 1. The van der Waals surface area contributed by atoms with Crippen LogP contribution in [-0.4, -0.2) is 41.3 Å². The summed E-state index contributed by atoms with van der Waals surface area (Å²) in [4.78, 5) is 20.5. The predicted molar refractivity (Wildman–Crippen MR) is 74.4 cm³/mol. The van der Waals surface area contributed by atoms with Gasteiger partial charge in [0.05, 0.1) is 4.92 Å². The summed E-state index contributed by atoms with van der Waals surface area (Å²) < 4.78 is 25.9. The molecule has 0 aromatic heterocycles. The molecule has 1 unspecified atom stereocenters. The highest BCUT2D eigenvalue weighted by Gasteiger charge is 2.34. The summed E-state index contributed by atoms with van der Waals surface area (Å²) in [7, 11) is -4.27. The van der Waals surface area contributed by atoms with Gasteiger partial charge in [0.1, 0.15) is 6.54 Å². The Balaban J connectivity index is 3.42. The third kappa shape index (κ3) is 3.76. The SMILES string of the molecule is CCC(C)N(CC(=O)O)S(=O)(=O)c1ccccc1[N+](=O)[O-]. The first kappa shape index (κ1) is 17.1. The Morgan fingerprint density at radius 2 is 2.00 bits per heavy atom. The summed E-state index contributed by atoms with van der Waals surface area (Å²) in [5, 5.41) is 19.8. The van der Waals surface area contributed by atoms with E-state index in [1.807, 2.05) is 0 Å². The molecule has 1 atom stereocenters. The summed E-state index contributed by atoms with van der Waals surface area (Å²) in [6.45, 7) is 2.51. The molecule has 0 saturated carbocycles. The Morgan fingerprint density at radius 3 is 2.48 bits per heavy atom. The summed E-state index contributed by atoms with van der Waals surface area (Å²) >= 11 is 0. The minimum absolute atomic E-state index is 0.382. The van der Waals surface area contributed by atoms with Gasteiger partial charge in [-0.3, -0.25) is 14.9 Å². The molecule has 0 saturated heterocycles. The van der Waals surface area contributed by atoms with Gasteiger partial charge in [-0.05, 0) is 19.4 Å². The molecule has 0 spiro atoms. The molecule has 0 bridgehead atoms. The summed E-state index contributed by atoms with van der Waals surface area (Å²) in [6.07, 6.45) is 0.382. The monoisotopic (exact) mass is 316 g/mol. The molecule has 1 aromatic rings. The van der Waals surface area contributed by atoms with Gasteiger partial charge in [-0.15, -0.1) is 0 Å². The van der Waals surface area contributed by atoms with Gasteiger partial charge in [0, 0.05) is 12.1 Å². The molecule has 0 heterocycles. The van der Waals surface area contributed by atoms with Crippen molar-refractivity contribution < 1.29 is 23.2 Å². The third-order valence-electron chi connectivity index (χ3n) is 3.02. The van der Waals surface area contributed by atoms with Crippen molar-refractivity contribution >= 4 is 21.7 Å². The molecule has 0 radical (unpaired) electrons. The van der Waals surface area contributed by atoms with Crippen molar-refractivity contribution in [2.75, 3.05) is 6.54 Å². The maximum atomic E-state index is 12.6. The molecule has 1 rings (SSSR count). The number of carboxylic acid groups (broad SMARTS) is 1. The van der Waals surface area contributed by atoms with Crippen LogP contribution in [0.3, 0.4) is 0 Å². The van der Waals surface area contributed by atoms with Gasteiger partial charge in [-0.25, -0.2) is 8.42 Å². The van der Waals surface area contributed by atoms with Crippen LogP contribution < -0.4 is 0 Å². The molecule has 0 aliphatic rings. The third-order valence-corrected chi connectivity index (χ3v) is 5.03. The number of nitrogens with zero attached hydrogens (tertiary/aromatic N) is 2. The van der Waals surface area contributed by atoms with Crippen molar-refractivity contribution in [1.29, 1.82) is 0 Å². The number of carbonyl (C=O) groups is 1. The minimum Gasteiger partial charge on any atom is -0.480 e. The van der Waals surface area contributed by atoms with E-state index in [0.29, 0.717) is 6.42 Å². The first-order chi connectivity index (χ1) is 9.71. The van der Waals surface area contributed by atoms with E-state index < -0.39 is 44.1 Å². The number of carboxylic acids is 1. The Labute approximate surface area is 122 Å². The van der Waals surface area contributed by atoms with Gasteiger partial charge in [-0.2, -0.15) is 4.31 Å². The molecule has 1 N–H and O–H groups in total. The Kier molecular flexibility index (Phi) is 5.39. The second kappa shape index (κ2) is 6.64. The maximum Gasteiger partial charge on any atom is 0.318 e. The van der Waals surface area contributed by atoms with Crippen molar-refractivity contribution in [3.05, 3.63) is 34.4 Å². The molecule has 116 valence electrons. The zero-order valence-electron chi connectivity index (χ0n) is 11.6. The highest BCUT2D eigenvalue weighted by molar-refractivity contribution is 7.89. The summed E-state index contributed by atoms with van der Waals surface area (Å²) in [6, 6.07) is 4.29. The van der Waals surface area contributed by atoms with Crippen LogP contribution in [0.25, 0.3) is 0 Å². The first-order valence-corrected chi connectivity index (χ1v) is 7.62. The van der Waals surface area contributed by atoms with Crippen molar-refractivity contribution in [2.45, 2.75) is 31.2 Å². The number of rotatable bonds is 7. The maximum absolute atomic E-state index is 12.6. The molecule has 0 aliphatic heterocycles. The van der Waals surface area contributed by atoms with Crippen molar-refractivity contribution in [3.63, 3.8) is 0 Å². The van der Waals surface area contributed by atoms with Gasteiger partial charge in [-0.1, -0.05) is 19.1 Å². The van der Waals surface area contributed by atoms with E-state index in [0.717, 1.165) is 16.4 Å². The number of hydrogen-bond acceptors (Lipinski definition) is 5. The lowest BCUT2D eigenvalue weighted by atomic mass is 10.2. The van der Waals surface area contributed by atoms with Crippen LogP contribution in [0.1, 0.15) is 20.3 Å². The van der Waals surface area contributed by atoms with Gasteiger partial charge < -0.3 is 5.11 Å². The van der Waals surface area contributed by atoms with Crippen LogP contribution >= 0.6 is 0 Å². The fraction of sp³-hybridized carbons (Fsp3) is 0.417. The smallest absolute Gasteiger partial charge is 0.318 e. The second-order valence-electron chi connectivity index (χ2n) is 4.43. The molecule has 0 aliphatic carbocycles. The number of nitro groups is 1. The minimum atomic E-state index is -4.27. The molecule has 0 fully saturated rings. The molecular weight excluding hydrogens is 300 g/mol. The molecule has 0 amide bonds. The number of sulfonamides is 1. The van der Waals surface area contributed by atoms with Gasteiger partial charge >= 0.3 is 5.97 Å². The Morgan fingerprint density at radius 1 is 1.43 bits per heavy atom. The van der Waals surface area contributed by atoms with Gasteiger partial charge in [0.15, 0.2) is 4.90 Å². The van der Waals surface area contributed by atoms with Crippen LogP contribution in [0, 0.1) is 10.1 Å². The predicted octanol–water partition coefficient (Wildman–Crippen LogP) is 1.47. The van der Waals surface area contributed by atoms with E-state index in [4.69, 9.17) is 5.11 Å². The quantitative estimate of drug-likeness (QED) is 0.601. The van der Waals surface area contributed by atoms with E-state index in [9.17, 15) is 23.3 Å². The molecule has 21 heavy (non-hydrogen) atoms. The molecule has 8 nitrogen and oxygen atoms in total. The normalized spacial score (nSPS) is 13.1. The van der Waals surface area contributed by atoms with E-state index in [2.05, 4.69) is 0 Å². The van der Waals surface area contributed by atoms with E-state index in [-0.39, 0.29) is 0 Å². The van der Waals surface area contributed by atoms with E-state index in [1.54, 1.807) is 13.8 Å². The van der Waals surface area contributed by atoms with Crippen molar-refractivity contribution in [1.82, 2.24) is 4.31 Å². The van der Waals surface area contributed by atoms with Gasteiger partial charge in [0.2, 0.25) is 0 Å². The van der Waals surface area contributed by atoms with Crippen LogP contribution in [0.2, 0.25) is 0 Å². The summed E-state index contributed by atoms with van der Waals surface area (Å²) in [5.74, 6) is -1.32. The number of nitro benzene ring substituents is 1. The first-order valence-electron chi connectivity index (χ1n) is 6.18. The van der Waals surface area contributed by atoms with Crippen LogP contribution in [-0.2, 0) is 14.8 Å². The molecular formula is C12H16N2O6S. The largest absolute Gasteiger partial charge is 0.480 e. The molecule has 9 heteroatoms. The lowest BCUT2D eigenvalue weighted by Gasteiger charge is -2.25. The number of para-hydroxylation sites is 1. The zero-order chi connectivity index (χ0) is 16.2. The second-order valence-corrected chi connectivity index (χ2v) is 6.29. The standard InChI is InChI=1S/C12H16N2O6S/c1-3-9(2)13(8-12(15)16)21(19,20)11-7-5-4-6-10(11)14(17)18/h4-7,9H,3,8H2,1-2H3,(H,15,16). The average Bonchev–Trinajstić information content (AvgIpc) is 2.43. The fourth-order valence-corrected chi connectivity index (χ4v) is 3.58. The Bertz CT molecular complexity index is 643. The highest BCUT2D eigenvalue weighted by Crippen LogP contribution is 2.27. The van der Waals surface area contributed by atoms with Crippen LogP contribution in [0.4, 0.5) is 5.69 Å². The van der Waals surface area contributed by atoms with Crippen molar-refractivity contribution in [2.24, 2.45) is 0 Å². The lowest BCUT2D eigenvalue weighted by molar-refractivity contribution is -0.387. The average molecular weight is 316 g/mol. The topological polar surface area (TPSA) is 118 Å². The summed E-state index contributed by atoms with van der Waals surface area (Å²) in [5.41, 5.74) is -0.573. The van der Waals surface area contributed by atoms with Crippen molar-refractivity contribution in [3.8, 4) is 0 Å². The van der Waals surface area contributed by atoms with Gasteiger partial charge in [0.25, 0.3) is 15.7 Å². The zero-order valence-corrected chi connectivity index (χ0v) is 12.4. The fourth-order valence-electron chi connectivity index (χ4n) is 1.77. The van der Waals surface area contributed by atoms with Crippen LogP contribution in [0.15, 0.2) is 29.2 Å². The number of hydrogen-bond donors (Lipinski definition) is 1. The highest BCUT2D eigenvalue weighted by atomic mass is 32.2. The Hall–Kier alpha value is -2.00. The van der Waals surface area contributed by atoms with Crippen LogP contribution in [0.5, 0.6) is 0 Å². The number of aliphatic carboxylic acids is 1. The van der Waals surface area contributed by atoms with E-state index >= 15 is 0 Å². The van der Waals surface area contributed by atoms with E-state index in [1.165, 1.54) is 12.1 Å². The molecule has 1 aromatic carbocycles. The lowest BCUT2D eigenvalue weighted by Crippen LogP contribution is -2.41.